The van der Waals surface area contributed by atoms with Gasteiger partial charge < -0.3 is 14.6 Å². The van der Waals surface area contributed by atoms with Crippen molar-refractivity contribution in [3.63, 3.8) is 0 Å². The SMILES string of the molecule is O=c1oc2c(Cl)cc(Cl)cc2c(-c2cc(O)cc(O)c2)c1-c1ccccc1. The van der Waals surface area contributed by atoms with Crippen LogP contribution in [0.4, 0.5) is 0 Å². The van der Waals surface area contributed by atoms with E-state index >= 15 is 0 Å². The van der Waals surface area contributed by atoms with E-state index in [2.05, 4.69) is 0 Å². The summed E-state index contributed by atoms with van der Waals surface area (Å²) in [4.78, 5) is 12.9. The van der Waals surface area contributed by atoms with Gasteiger partial charge in [0, 0.05) is 22.0 Å². The third-order valence-corrected chi connectivity index (χ3v) is 4.68. The lowest BCUT2D eigenvalue weighted by Crippen LogP contribution is -2.06. The van der Waals surface area contributed by atoms with Gasteiger partial charge in [0.15, 0.2) is 5.58 Å². The summed E-state index contributed by atoms with van der Waals surface area (Å²) in [6.45, 7) is 0. The molecule has 134 valence electrons. The van der Waals surface area contributed by atoms with Crippen molar-refractivity contribution in [2.75, 3.05) is 0 Å². The Kier molecular flexibility index (Phi) is 4.30. The molecule has 27 heavy (non-hydrogen) atoms. The highest BCUT2D eigenvalue weighted by Crippen LogP contribution is 2.41. The zero-order chi connectivity index (χ0) is 19.1. The van der Waals surface area contributed by atoms with Gasteiger partial charge in [-0.05, 0) is 35.4 Å². The van der Waals surface area contributed by atoms with Gasteiger partial charge in [0.25, 0.3) is 0 Å². The summed E-state index contributed by atoms with van der Waals surface area (Å²) < 4.78 is 5.48. The topological polar surface area (TPSA) is 70.7 Å². The summed E-state index contributed by atoms with van der Waals surface area (Å²) >= 11 is 12.4. The van der Waals surface area contributed by atoms with Crippen LogP contribution in [0.3, 0.4) is 0 Å². The molecule has 0 atom stereocenters. The Balaban J connectivity index is 2.23. The number of fused-ring (bicyclic) bond motifs is 1. The largest absolute Gasteiger partial charge is 0.508 e. The standard InChI is InChI=1S/C21H12Cl2O4/c22-13-8-16-18(12-6-14(24)10-15(25)7-12)19(11-4-2-1-3-5-11)21(26)27-20(16)17(23)9-13/h1-10,24-25H. The fourth-order valence-corrected chi connectivity index (χ4v) is 3.67. The van der Waals surface area contributed by atoms with E-state index < -0.39 is 5.63 Å². The number of aromatic hydroxyl groups is 2. The Hall–Kier alpha value is -2.95. The summed E-state index contributed by atoms with van der Waals surface area (Å²) in [6, 6.07) is 16.2. The van der Waals surface area contributed by atoms with Gasteiger partial charge >= 0.3 is 5.63 Å². The number of phenolic OH excluding ortho intramolecular Hbond substituents is 2. The highest BCUT2D eigenvalue weighted by molar-refractivity contribution is 6.38. The summed E-state index contributed by atoms with van der Waals surface area (Å²) in [5.74, 6) is -0.281. The van der Waals surface area contributed by atoms with E-state index in [0.29, 0.717) is 27.1 Å². The van der Waals surface area contributed by atoms with Crippen LogP contribution in [-0.2, 0) is 0 Å². The number of phenols is 2. The Morgan fingerprint density at radius 1 is 0.778 bits per heavy atom. The highest BCUT2D eigenvalue weighted by atomic mass is 35.5. The molecule has 0 fully saturated rings. The van der Waals surface area contributed by atoms with Crippen molar-refractivity contribution in [3.8, 4) is 33.8 Å². The van der Waals surface area contributed by atoms with E-state index in [-0.39, 0.29) is 27.7 Å². The number of halogens is 2. The number of benzene rings is 3. The molecule has 2 N–H and O–H groups in total. The third kappa shape index (κ3) is 3.14. The molecular formula is C21H12Cl2O4. The predicted octanol–water partition coefficient (Wildman–Crippen LogP) is 5.85. The van der Waals surface area contributed by atoms with Crippen LogP contribution in [-0.4, -0.2) is 10.2 Å². The summed E-state index contributed by atoms with van der Waals surface area (Å²) in [7, 11) is 0. The van der Waals surface area contributed by atoms with Gasteiger partial charge in [-0.3, -0.25) is 0 Å². The lowest BCUT2D eigenvalue weighted by atomic mass is 9.93. The molecule has 4 rings (SSSR count). The Morgan fingerprint density at radius 3 is 2.11 bits per heavy atom. The first kappa shape index (κ1) is 17.5. The van der Waals surface area contributed by atoms with Crippen LogP contribution in [0.1, 0.15) is 0 Å². The Morgan fingerprint density at radius 2 is 1.44 bits per heavy atom. The monoisotopic (exact) mass is 398 g/mol. The minimum atomic E-state index is -0.587. The first-order valence-corrected chi connectivity index (χ1v) is 8.74. The van der Waals surface area contributed by atoms with Crippen LogP contribution in [0.15, 0.2) is 69.9 Å². The summed E-state index contributed by atoms with van der Waals surface area (Å²) in [6.07, 6.45) is 0. The van der Waals surface area contributed by atoms with Gasteiger partial charge in [-0.15, -0.1) is 0 Å². The van der Waals surface area contributed by atoms with E-state index in [9.17, 15) is 15.0 Å². The van der Waals surface area contributed by atoms with E-state index in [1.165, 1.54) is 24.3 Å². The van der Waals surface area contributed by atoms with E-state index in [1.807, 2.05) is 6.07 Å². The van der Waals surface area contributed by atoms with Gasteiger partial charge in [0.2, 0.25) is 0 Å². The second-order valence-corrected chi connectivity index (χ2v) is 6.85. The molecule has 0 aliphatic carbocycles. The molecule has 0 amide bonds. The van der Waals surface area contributed by atoms with Gasteiger partial charge in [-0.25, -0.2) is 4.79 Å². The van der Waals surface area contributed by atoms with Crippen molar-refractivity contribution >= 4 is 34.2 Å². The van der Waals surface area contributed by atoms with E-state index in [0.717, 1.165) is 0 Å². The van der Waals surface area contributed by atoms with Crippen LogP contribution in [0.25, 0.3) is 33.2 Å². The van der Waals surface area contributed by atoms with Crippen LogP contribution in [0.5, 0.6) is 11.5 Å². The van der Waals surface area contributed by atoms with Crippen LogP contribution in [0.2, 0.25) is 10.0 Å². The molecule has 1 heterocycles. The zero-order valence-corrected chi connectivity index (χ0v) is 15.3. The average Bonchev–Trinajstić information content (AvgIpc) is 2.61. The van der Waals surface area contributed by atoms with Crippen molar-refractivity contribution in [2.45, 2.75) is 0 Å². The molecule has 0 radical (unpaired) electrons. The second kappa shape index (κ2) is 6.65. The maximum atomic E-state index is 12.9. The fourth-order valence-electron chi connectivity index (χ4n) is 3.14. The lowest BCUT2D eigenvalue weighted by molar-refractivity contribution is 0.451. The van der Waals surface area contributed by atoms with Gasteiger partial charge in [-0.2, -0.15) is 0 Å². The molecule has 0 bridgehead atoms. The molecule has 1 aromatic heterocycles. The second-order valence-electron chi connectivity index (χ2n) is 6.01. The molecule has 6 heteroatoms. The van der Waals surface area contributed by atoms with E-state index in [4.69, 9.17) is 27.6 Å². The van der Waals surface area contributed by atoms with Crippen molar-refractivity contribution in [2.24, 2.45) is 0 Å². The normalized spacial score (nSPS) is 11.0. The Bertz CT molecular complexity index is 1210. The highest BCUT2D eigenvalue weighted by Gasteiger charge is 2.20. The first-order valence-electron chi connectivity index (χ1n) is 7.98. The fraction of sp³-hybridized carbons (Fsp3) is 0. The molecule has 0 saturated heterocycles. The molecule has 0 spiro atoms. The van der Waals surface area contributed by atoms with Crippen LogP contribution < -0.4 is 5.63 Å². The average molecular weight is 399 g/mol. The number of hydrogen-bond donors (Lipinski definition) is 2. The van der Waals surface area contributed by atoms with Crippen LogP contribution in [0, 0.1) is 0 Å². The maximum absolute atomic E-state index is 12.9. The quantitative estimate of drug-likeness (QED) is 0.415. The third-order valence-electron chi connectivity index (χ3n) is 4.18. The van der Waals surface area contributed by atoms with Crippen molar-refractivity contribution in [1.82, 2.24) is 0 Å². The smallest absolute Gasteiger partial charge is 0.344 e. The summed E-state index contributed by atoms with van der Waals surface area (Å²) in [5, 5.41) is 21.0. The minimum absolute atomic E-state index is 0.140. The molecule has 4 aromatic rings. The Labute approximate surface area is 163 Å². The molecule has 0 aliphatic rings. The van der Waals surface area contributed by atoms with Crippen molar-refractivity contribution < 1.29 is 14.6 Å². The zero-order valence-electron chi connectivity index (χ0n) is 13.7. The van der Waals surface area contributed by atoms with Gasteiger partial charge in [-0.1, -0.05) is 53.5 Å². The molecule has 0 saturated carbocycles. The molecule has 0 aliphatic heterocycles. The molecule has 0 unspecified atom stereocenters. The lowest BCUT2D eigenvalue weighted by Gasteiger charge is -2.14. The molecule has 3 aromatic carbocycles. The minimum Gasteiger partial charge on any atom is -0.508 e. The summed E-state index contributed by atoms with van der Waals surface area (Å²) in [5.41, 5.74) is 1.40. The van der Waals surface area contributed by atoms with Gasteiger partial charge in [0.05, 0.1) is 10.6 Å². The molecular weight excluding hydrogens is 387 g/mol. The van der Waals surface area contributed by atoms with E-state index in [1.54, 1.807) is 30.3 Å². The van der Waals surface area contributed by atoms with Gasteiger partial charge in [0.1, 0.15) is 11.5 Å². The van der Waals surface area contributed by atoms with Crippen molar-refractivity contribution in [3.05, 3.63) is 81.1 Å². The first-order chi connectivity index (χ1) is 12.9. The number of hydrogen-bond acceptors (Lipinski definition) is 4. The maximum Gasteiger partial charge on any atom is 0.344 e. The van der Waals surface area contributed by atoms with Crippen molar-refractivity contribution in [1.29, 1.82) is 0 Å². The number of rotatable bonds is 2. The predicted molar refractivity (Wildman–Crippen MR) is 107 cm³/mol. The molecule has 4 nitrogen and oxygen atoms in total. The van der Waals surface area contributed by atoms with Crippen LogP contribution >= 0.6 is 23.2 Å².